The van der Waals surface area contributed by atoms with E-state index >= 15 is 0 Å². The number of hydrogen-bond acceptors (Lipinski definition) is 3. The zero-order valence-electron chi connectivity index (χ0n) is 15.6. The van der Waals surface area contributed by atoms with Gasteiger partial charge in [0.1, 0.15) is 5.82 Å². The van der Waals surface area contributed by atoms with Crippen LogP contribution in [0.5, 0.6) is 0 Å². The highest BCUT2D eigenvalue weighted by Crippen LogP contribution is 2.21. The van der Waals surface area contributed by atoms with E-state index in [0.29, 0.717) is 0 Å². The van der Waals surface area contributed by atoms with Gasteiger partial charge in [0.25, 0.3) is 0 Å². The summed E-state index contributed by atoms with van der Waals surface area (Å²) in [5.41, 5.74) is 4.61. The molecule has 5 nitrogen and oxygen atoms in total. The monoisotopic (exact) mass is 357 g/mol. The molecule has 0 saturated heterocycles. The standard InChI is InChI=1S/C22H23N5/c1-17(21-16-25-27(18(21)2)19-9-4-3-5-10-19)24-15-20-11-8-14-26(20)22-12-6-7-13-23-22/h3-14,16-17,24H,15H2,1-2H3/t17-/m0/s1. The lowest BCUT2D eigenvalue weighted by Gasteiger charge is -2.15. The topological polar surface area (TPSA) is 47.7 Å². The number of benzene rings is 1. The van der Waals surface area contributed by atoms with E-state index in [1.807, 2.05) is 59.7 Å². The number of hydrogen-bond donors (Lipinski definition) is 1. The third-order valence-corrected chi connectivity index (χ3v) is 4.83. The van der Waals surface area contributed by atoms with E-state index in [2.05, 4.69) is 58.1 Å². The summed E-state index contributed by atoms with van der Waals surface area (Å²) in [5, 5.41) is 8.19. The normalized spacial score (nSPS) is 12.2. The third kappa shape index (κ3) is 3.55. The lowest BCUT2D eigenvalue weighted by atomic mass is 10.1. The lowest BCUT2D eigenvalue weighted by Crippen LogP contribution is -2.20. The molecule has 0 unspecified atom stereocenters. The Morgan fingerprint density at radius 3 is 2.59 bits per heavy atom. The zero-order chi connectivity index (χ0) is 18.6. The molecule has 0 radical (unpaired) electrons. The van der Waals surface area contributed by atoms with Gasteiger partial charge in [0, 0.05) is 41.9 Å². The second-order valence-corrected chi connectivity index (χ2v) is 6.59. The van der Waals surface area contributed by atoms with Crippen LogP contribution < -0.4 is 5.32 Å². The summed E-state index contributed by atoms with van der Waals surface area (Å²) in [4.78, 5) is 4.44. The van der Waals surface area contributed by atoms with E-state index in [0.717, 1.165) is 23.7 Å². The van der Waals surface area contributed by atoms with Crippen LogP contribution in [-0.2, 0) is 6.54 Å². The number of nitrogens with zero attached hydrogens (tertiary/aromatic N) is 4. The van der Waals surface area contributed by atoms with Crippen LogP contribution in [0.3, 0.4) is 0 Å². The number of aromatic nitrogens is 4. The van der Waals surface area contributed by atoms with E-state index < -0.39 is 0 Å². The first-order chi connectivity index (χ1) is 13.2. The van der Waals surface area contributed by atoms with Gasteiger partial charge in [-0.15, -0.1) is 0 Å². The predicted octanol–water partition coefficient (Wildman–Crippen LogP) is 4.22. The molecule has 0 saturated carbocycles. The molecule has 4 aromatic rings. The van der Waals surface area contributed by atoms with Crippen LogP contribution in [0.4, 0.5) is 0 Å². The van der Waals surface area contributed by atoms with Crippen molar-refractivity contribution in [1.29, 1.82) is 0 Å². The van der Waals surface area contributed by atoms with Gasteiger partial charge in [-0.25, -0.2) is 9.67 Å². The minimum Gasteiger partial charge on any atom is -0.305 e. The summed E-state index contributed by atoms with van der Waals surface area (Å²) >= 11 is 0. The molecule has 1 atom stereocenters. The van der Waals surface area contributed by atoms with Crippen LogP contribution in [0.15, 0.2) is 79.3 Å². The first-order valence-corrected chi connectivity index (χ1v) is 9.15. The SMILES string of the molecule is Cc1c([C@H](C)NCc2cccn2-c2ccccn2)cnn1-c1ccccc1. The molecular formula is C22H23N5. The van der Waals surface area contributed by atoms with Crippen molar-refractivity contribution in [1.82, 2.24) is 24.6 Å². The molecule has 0 spiro atoms. The highest BCUT2D eigenvalue weighted by molar-refractivity contribution is 5.35. The van der Waals surface area contributed by atoms with E-state index in [9.17, 15) is 0 Å². The number of nitrogens with one attached hydrogen (secondary N) is 1. The fourth-order valence-corrected chi connectivity index (χ4v) is 3.32. The molecule has 136 valence electrons. The average molecular weight is 357 g/mol. The Bertz CT molecular complexity index is 1000. The highest BCUT2D eigenvalue weighted by atomic mass is 15.3. The third-order valence-electron chi connectivity index (χ3n) is 4.83. The van der Waals surface area contributed by atoms with Crippen LogP contribution in [-0.4, -0.2) is 19.3 Å². The Labute approximate surface area is 159 Å². The van der Waals surface area contributed by atoms with Crippen LogP contribution in [0.25, 0.3) is 11.5 Å². The number of rotatable bonds is 6. The Balaban J connectivity index is 1.49. The maximum absolute atomic E-state index is 4.58. The molecule has 27 heavy (non-hydrogen) atoms. The van der Waals surface area contributed by atoms with Gasteiger partial charge >= 0.3 is 0 Å². The molecule has 0 bridgehead atoms. The molecular weight excluding hydrogens is 334 g/mol. The Hall–Kier alpha value is -3.18. The number of para-hydroxylation sites is 1. The summed E-state index contributed by atoms with van der Waals surface area (Å²) in [7, 11) is 0. The van der Waals surface area contributed by atoms with Gasteiger partial charge in [0.05, 0.1) is 11.9 Å². The first-order valence-electron chi connectivity index (χ1n) is 9.15. The van der Waals surface area contributed by atoms with Crippen LogP contribution in [0, 0.1) is 6.92 Å². The fourth-order valence-electron chi connectivity index (χ4n) is 3.32. The molecule has 3 heterocycles. The molecule has 0 aliphatic rings. The predicted molar refractivity (Wildman–Crippen MR) is 107 cm³/mol. The van der Waals surface area contributed by atoms with Gasteiger partial charge in [-0.05, 0) is 50.2 Å². The van der Waals surface area contributed by atoms with Crippen molar-refractivity contribution in [3.63, 3.8) is 0 Å². The molecule has 1 aromatic carbocycles. The van der Waals surface area contributed by atoms with E-state index in [-0.39, 0.29) is 6.04 Å². The summed E-state index contributed by atoms with van der Waals surface area (Å²) < 4.78 is 4.10. The summed E-state index contributed by atoms with van der Waals surface area (Å²) in [6.07, 6.45) is 5.82. The maximum atomic E-state index is 4.58. The molecule has 3 aromatic heterocycles. The average Bonchev–Trinajstić information content (AvgIpc) is 3.34. The molecule has 4 rings (SSSR count). The van der Waals surface area contributed by atoms with Gasteiger partial charge in [-0.3, -0.25) is 0 Å². The van der Waals surface area contributed by atoms with Crippen LogP contribution >= 0.6 is 0 Å². The Kier molecular flexibility index (Phi) is 4.85. The molecule has 0 aliphatic heterocycles. The first kappa shape index (κ1) is 17.2. The van der Waals surface area contributed by atoms with Gasteiger partial charge in [-0.1, -0.05) is 24.3 Å². The minimum atomic E-state index is 0.189. The van der Waals surface area contributed by atoms with Crippen molar-refractivity contribution >= 4 is 0 Å². The van der Waals surface area contributed by atoms with Crippen LogP contribution in [0.2, 0.25) is 0 Å². The Morgan fingerprint density at radius 1 is 1.00 bits per heavy atom. The summed E-state index contributed by atoms with van der Waals surface area (Å²) in [6, 6.07) is 20.5. The van der Waals surface area contributed by atoms with Crippen molar-refractivity contribution in [2.75, 3.05) is 0 Å². The van der Waals surface area contributed by atoms with Gasteiger partial charge in [0.2, 0.25) is 0 Å². The summed E-state index contributed by atoms with van der Waals surface area (Å²) in [5.74, 6) is 0.931. The second kappa shape index (κ2) is 7.60. The minimum absolute atomic E-state index is 0.189. The van der Waals surface area contributed by atoms with Crippen molar-refractivity contribution in [2.24, 2.45) is 0 Å². The quantitative estimate of drug-likeness (QED) is 0.562. The van der Waals surface area contributed by atoms with Gasteiger partial charge in [0.15, 0.2) is 0 Å². The van der Waals surface area contributed by atoms with Crippen molar-refractivity contribution in [2.45, 2.75) is 26.4 Å². The molecule has 5 heteroatoms. The zero-order valence-corrected chi connectivity index (χ0v) is 15.6. The second-order valence-electron chi connectivity index (χ2n) is 6.59. The molecule has 0 fully saturated rings. The van der Waals surface area contributed by atoms with Gasteiger partial charge < -0.3 is 9.88 Å². The van der Waals surface area contributed by atoms with Crippen molar-refractivity contribution < 1.29 is 0 Å². The van der Waals surface area contributed by atoms with E-state index in [1.54, 1.807) is 0 Å². The highest BCUT2D eigenvalue weighted by Gasteiger charge is 2.14. The molecule has 0 amide bonds. The smallest absolute Gasteiger partial charge is 0.136 e. The van der Waals surface area contributed by atoms with Crippen molar-refractivity contribution in [3.8, 4) is 11.5 Å². The number of pyridine rings is 1. The van der Waals surface area contributed by atoms with Gasteiger partial charge in [-0.2, -0.15) is 5.10 Å². The molecule has 1 N–H and O–H groups in total. The summed E-state index contributed by atoms with van der Waals surface area (Å²) in [6.45, 7) is 5.04. The Morgan fingerprint density at radius 2 is 1.81 bits per heavy atom. The van der Waals surface area contributed by atoms with Crippen LogP contribution in [0.1, 0.15) is 29.9 Å². The van der Waals surface area contributed by atoms with E-state index in [4.69, 9.17) is 0 Å². The van der Waals surface area contributed by atoms with Crippen molar-refractivity contribution in [3.05, 3.63) is 96.2 Å². The molecule has 0 aliphatic carbocycles. The maximum Gasteiger partial charge on any atom is 0.136 e. The van der Waals surface area contributed by atoms with E-state index in [1.165, 1.54) is 11.3 Å². The largest absolute Gasteiger partial charge is 0.305 e. The lowest BCUT2D eigenvalue weighted by molar-refractivity contribution is 0.560. The fraction of sp³-hybridized carbons (Fsp3) is 0.182.